The Kier molecular flexibility index (Phi) is 5.24. The van der Waals surface area contributed by atoms with E-state index in [1.807, 2.05) is 6.07 Å². The second-order valence-corrected chi connectivity index (χ2v) is 8.14. The van der Waals surface area contributed by atoms with E-state index in [1.165, 1.54) is 11.8 Å². The van der Waals surface area contributed by atoms with Gasteiger partial charge < -0.3 is 15.3 Å². The Labute approximate surface area is 154 Å². The van der Waals surface area contributed by atoms with Crippen LogP contribution in [0.2, 0.25) is 5.02 Å². The van der Waals surface area contributed by atoms with Crippen LogP contribution in [0.5, 0.6) is 0 Å². The number of aliphatic carboxylic acids is 1. The lowest BCUT2D eigenvalue weighted by Crippen LogP contribution is -2.41. The number of hydrogen-bond donors (Lipinski definition) is 2. The van der Waals surface area contributed by atoms with Gasteiger partial charge in [-0.25, -0.2) is 0 Å². The van der Waals surface area contributed by atoms with Gasteiger partial charge in [0, 0.05) is 28.9 Å². The summed E-state index contributed by atoms with van der Waals surface area (Å²) in [4.78, 5) is 38.6. The van der Waals surface area contributed by atoms with Gasteiger partial charge in [0.05, 0.1) is 16.9 Å². The van der Waals surface area contributed by atoms with E-state index in [2.05, 4.69) is 5.32 Å². The summed E-state index contributed by atoms with van der Waals surface area (Å²) in [5, 5.41) is 11.9. The third-order valence-electron chi connectivity index (χ3n) is 4.32. The number of carboxylic acids is 1. The number of anilines is 1. The minimum absolute atomic E-state index is 0.0569. The Hall–Kier alpha value is -1.73. The van der Waals surface area contributed by atoms with Gasteiger partial charge in [0.15, 0.2) is 0 Å². The molecule has 2 atom stereocenters. The molecule has 25 heavy (non-hydrogen) atoms. The highest BCUT2D eigenvalue weighted by Crippen LogP contribution is 2.39. The van der Waals surface area contributed by atoms with Gasteiger partial charge in [0.25, 0.3) is 0 Å². The van der Waals surface area contributed by atoms with Crippen molar-refractivity contribution in [1.82, 2.24) is 4.90 Å². The number of nitrogens with zero attached hydrogens (tertiary/aromatic N) is 1. The highest BCUT2D eigenvalue weighted by Gasteiger charge is 2.37. The van der Waals surface area contributed by atoms with Crippen LogP contribution < -0.4 is 5.32 Å². The van der Waals surface area contributed by atoms with Crippen LogP contribution in [0.3, 0.4) is 0 Å². The molecule has 8 heteroatoms. The first-order valence-corrected chi connectivity index (χ1v) is 9.40. The minimum Gasteiger partial charge on any atom is -0.481 e. The van der Waals surface area contributed by atoms with E-state index in [9.17, 15) is 14.4 Å². The summed E-state index contributed by atoms with van der Waals surface area (Å²) in [5.74, 6) is -1.94. The van der Waals surface area contributed by atoms with Crippen molar-refractivity contribution >= 4 is 46.8 Å². The van der Waals surface area contributed by atoms with E-state index >= 15 is 0 Å². The molecule has 2 amide bonds. The fourth-order valence-corrected chi connectivity index (χ4v) is 4.00. The monoisotopic (exact) mass is 382 g/mol. The summed E-state index contributed by atoms with van der Waals surface area (Å²) in [6.07, 6.45) is 1.84. The smallest absolute Gasteiger partial charge is 0.308 e. The summed E-state index contributed by atoms with van der Waals surface area (Å²) in [5.41, 5.74) is 0.657. The van der Waals surface area contributed by atoms with Crippen LogP contribution in [-0.4, -0.2) is 45.6 Å². The Bertz CT molecular complexity index is 723. The number of carboxylic acid groups (broad SMARTS) is 1. The van der Waals surface area contributed by atoms with E-state index in [-0.39, 0.29) is 30.8 Å². The van der Waals surface area contributed by atoms with E-state index in [0.29, 0.717) is 10.7 Å². The highest BCUT2D eigenvalue weighted by molar-refractivity contribution is 8.01. The van der Waals surface area contributed by atoms with Gasteiger partial charge in [-0.2, -0.15) is 0 Å². The van der Waals surface area contributed by atoms with Crippen LogP contribution in [0.1, 0.15) is 26.2 Å². The first-order valence-electron chi connectivity index (χ1n) is 8.14. The van der Waals surface area contributed by atoms with Gasteiger partial charge in [-0.3, -0.25) is 14.4 Å². The zero-order valence-corrected chi connectivity index (χ0v) is 15.3. The Morgan fingerprint density at radius 3 is 2.80 bits per heavy atom. The maximum atomic E-state index is 12.7. The van der Waals surface area contributed by atoms with Crippen LogP contribution in [0.4, 0.5) is 5.69 Å². The lowest BCUT2D eigenvalue weighted by Gasteiger charge is -2.28. The van der Waals surface area contributed by atoms with E-state index in [1.54, 1.807) is 24.0 Å². The van der Waals surface area contributed by atoms with E-state index in [0.717, 1.165) is 17.7 Å². The molecule has 1 aliphatic heterocycles. The predicted octanol–water partition coefficient (Wildman–Crippen LogP) is 2.85. The van der Waals surface area contributed by atoms with Gasteiger partial charge in [-0.15, -0.1) is 11.8 Å². The number of hydrogen-bond acceptors (Lipinski definition) is 4. The Morgan fingerprint density at radius 1 is 1.44 bits per heavy atom. The van der Waals surface area contributed by atoms with Gasteiger partial charge in [0.2, 0.25) is 11.8 Å². The Morgan fingerprint density at radius 2 is 2.16 bits per heavy atom. The average molecular weight is 383 g/mol. The number of rotatable bonds is 6. The van der Waals surface area contributed by atoms with Gasteiger partial charge in [-0.1, -0.05) is 18.5 Å². The topological polar surface area (TPSA) is 86.7 Å². The van der Waals surface area contributed by atoms with Crippen molar-refractivity contribution < 1.29 is 19.5 Å². The zero-order valence-electron chi connectivity index (χ0n) is 13.7. The molecule has 3 rings (SSSR count). The minimum atomic E-state index is -0.922. The first kappa shape index (κ1) is 18.1. The summed E-state index contributed by atoms with van der Waals surface area (Å²) in [6, 6.07) is 5.36. The molecule has 134 valence electrons. The van der Waals surface area contributed by atoms with Crippen molar-refractivity contribution in [3.8, 4) is 0 Å². The molecule has 0 radical (unpaired) electrons. The molecule has 1 fully saturated rings. The van der Waals surface area contributed by atoms with Gasteiger partial charge in [0.1, 0.15) is 0 Å². The quantitative estimate of drug-likeness (QED) is 0.790. The lowest BCUT2D eigenvalue weighted by molar-refractivity contribution is -0.143. The maximum Gasteiger partial charge on any atom is 0.308 e. The lowest BCUT2D eigenvalue weighted by atomic mass is 10.1. The molecule has 2 aliphatic rings. The molecule has 1 aromatic carbocycles. The summed E-state index contributed by atoms with van der Waals surface area (Å²) in [6.45, 7) is 1.77. The maximum absolute atomic E-state index is 12.7. The highest BCUT2D eigenvalue weighted by atomic mass is 35.5. The molecule has 1 aliphatic carbocycles. The summed E-state index contributed by atoms with van der Waals surface area (Å²) < 4.78 is 0. The van der Waals surface area contributed by atoms with Crippen molar-refractivity contribution in [1.29, 1.82) is 0 Å². The number of carbonyl (C=O) groups excluding carboxylic acids is 2. The number of halogens is 1. The number of thioether (sulfide) groups is 1. The summed E-state index contributed by atoms with van der Waals surface area (Å²) in [7, 11) is 0. The van der Waals surface area contributed by atoms with Gasteiger partial charge in [-0.05, 0) is 31.0 Å². The molecular weight excluding hydrogens is 364 g/mol. The third kappa shape index (κ3) is 4.27. The van der Waals surface area contributed by atoms with Crippen molar-refractivity contribution in [2.75, 3.05) is 11.9 Å². The van der Waals surface area contributed by atoms with Crippen molar-refractivity contribution in [3.05, 3.63) is 23.2 Å². The fraction of sp³-hybridized carbons (Fsp3) is 0.471. The van der Waals surface area contributed by atoms with E-state index in [4.69, 9.17) is 16.7 Å². The molecule has 0 spiro atoms. The average Bonchev–Trinajstić information content (AvgIpc) is 3.37. The van der Waals surface area contributed by atoms with Crippen molar-refractivity contribution in [2.24, 2.45) is 5.92 Å². The molecular formula is C17H19ClN2O4S. The molecule has 1 aromatic rings. The molecule has 0 saturated heterocycles. The van der Waals surface area contributed by atoms with Crippen LogP contribution in [0.25, 0.3) is 0 Å². The van der Waals surface area contributed by atoms with Gasteiger partial charge >= 0.3 is 5.97 Å². The second kappa shape index (κ2) is 7.25. The van der Waals surface area contributed by atoms with Crippen molar-refractivity contribution in [2.45, 2.75) is 42.4 Å². The number of fused-ring (bicyclic) bond motifs is 1. The standard InChI is InChI=1S/C17H19ClN2O4S/c1-9(17(23)24)8-20(11-3-4-11)15(21)7-14-16(22)19-12-6-10(18)2-5-13(12)25-14/h2,5-6,9,11,14H,3-4,7-8H2,1H3,(H,19,22)(H,23,24). The van der Waals surface area contributed by atoms with Crippen LogP contribution in [0.15, 0.2) is 23.1 Å². The number of carbonyl (C=O) groups is 3. The van der Waals surface area contributed by atoms with Crippen LogP contribution in [-0.2, 0) is 14.4 Å². The molecule has 6 nitrogen and oxygen atoms in total. The first-order chi connectivity index (χ1) is 11.8. The molecule has 0 aromatic heterocycles. The Balaban J connectivity index is 1.68. The SMILES string of the molecule is CC(CN(C(=O)CC1Sc2ccc(Cl)cc2NC1=O)C1CC1)C(=O)O. The fourth-order valence-electron chi connectivity index (χ4n) is 2.75. The number of benzene rings is 1. The molecule has 2 unspecified atom stereocenters. The number of nitrogens with one attached hydrogen (secondary N) is 1. The van der Waals surface area contributed by atoms with Crippen molar-refractivity contribution in [3.63, 3.8) is 0 Å². The third-order valence-corrected chi connectivity index (χ3v) is 5.83. The van der Waals surface area contributed by atoms with Crippen LogP contribution in [0, 0.1) is 5.92 Å². The second-order valence-electron chi connectivity index (χ2n) is 6.46. The molecule has 1 saturated carbocycles. The number of amides is 2. The normalized spacial score (nSPS) is 20.4. The predicted molar refractivity (Wildman–Crippen MR) is 95.9 cm³/mol. The molecule has 2 N–H and O–H groups in total. The zero-order chi connectivity index (χ0) is 18.1. The van der Waals surface area contributed by atoms with E-state index < -0.39 is 17.1 Å². The summed E-state index contributed by atoms with van der Waals surface area (Å²) >= 11 is 7.28. The largest absolute Gasteiger partial charge is 0.481 e. The van der Waals surface area contributed by atoms with Crippen LogP contribution >= 0.6 is 23.4 Å². The molecule has 0 bridgehead atoms. The molecule has 1 heterocycles.